The molecule has 0 fully saturated rings. The van der Waals surface area contributed by atoms with Crippen molar-refractivity contribution < 1.29 is 0 Å². The van der Waals surface area contributed by atoms with E-state index in [-0.39, 0.29) is 0 Å². The van der Waals surface area contributed by atoms with Gasteiger partial charge in [0.1, 0.15) is 0 Å². The summed E-state index contributed by atoms with van der Waals surface area (Å²) >= 11 is 10.4. The van der Waals surface area contributed by atoms with Crippen LogP contribution in [0, 0.1) is 0 Å². The Balaban J connectivity index is 0.000000878. The van der Waals surface area contributed by atoms with Gasteiger partial charge in [-0.2, -0.15) is 0 Å². The van der Waals surface area contributed by atoms with Crippen LogP contribution in [0.15, 0.2) is 56.6 Å². The van der Waals surface area contributed by atoms with Crippen LogP contribution in [0.1, 0.15) is 51.0 Å². The third-order valence-corrected chi connectivity index (χ3v) is 7.43. The monoisotopic (exact) mass is 490 g/mol. The average molecular weight is 491 g/mol. The Morgan fingerprint density at radius 2 is 1.39 bits per heavy atom. The van der Waals surface area contributed by atoms with Crippen LogP contribution in [0.3, 0.4) is 0 Å². The van der Waals surface area contributed by atoms with Crippen LogP contribution < -0.4 is 0 Å². The van der Waals surface area contributed by atoms with E-state index in [4.69, 9.17) is 0 Å². The topological polar surface area (TPSA) is 12.4 Å². The zero-order valence-corrected chi connectivity index (χ0v) is 20.3. The Bertz CT molecular complexity index is 826. The number of halogens is 1. The normalized spacial score (nSPS) is 10.4. The predicted molar refractivity (Wildman–Crippen MR) is 135 cm³/mol. The van der Waals surface area contributed by atoms with Crippen LogP contribution in [0.2, 0.25) is 0 Å². The summed E-state index contributed by atoms with van der Waals surface area (Å²) in [4.78, 5) is 4.04. The number of rotatable bonds is 9. The van der Waals surface area contributed by atoms with Gasteiger partial charge in [-0.1, -0.05) is 63.3 Å². The Kier molecular flexibility index (Phi) is 11.4. The number of nitrogens with zero attached hydrogens (tertiary/aromatic N) is 1. The number of unbranched alkanes of at least 4 members (excludes halogenated alkanes) is 5. The van der Waals surface area contributed by atoms with E-state index in [1.54, 1.807) is 11.3 Å². The van der Waals surface area contributed by atoms with Crippen LogP contribution in [0.5, 0.6) is 0 Å². The van der Waals surface area contributed by atoms with E-state index in [0.29, 0.717) is 0 Å². The molecule has 2 heterocycles. The summed E-state index contributed by atoms with van der Waals surface area (Å²) in [5, 5.41) is 0. The minimum absolute atomic E-state index is 1.19. The van der Waals surface area contributed by atoms with Gasteiger partial charge in [-0.25, -0.2) is 0 Å². The fourth-order valence-corrected chi connectivity index (χ4v) is 5.51. The second-order valence-corrected chi connectivity index (χ2v) is 10.4. The summed E-state index contributed by atoms with van der Waals surface area (Å²) in [6.45, 7) is 2.28. The number of benzene rings is 1. The van der Waals surface area contributed by atoms with Crippen LogP contribution in [0.4, 0.5) is 0 Å². The molecule has 0 atom stereocenters. The molecule has 1 nitrogen and oxygen atoms in total. The quantitative estimate of drug-likeness (QED) is 0.174. The first-order chi connectivity index (χ1) is 13.7. The van der Waals surface area contributed by atoms with Crippen molar-refractivity contribution >= 4 is 59.1 Å². The molecule has 147 valence electrons. The molecule has 0 aliphatic rings. The van der Waals surface area contributed by atoms with E-state index in [1.165, 1.54) is 74.5 Å². The van der Waals surface area contributed by atoms with Crippen molar-refractivity contribution in [2.24, 2.45) is 4.30 Å². The molecule has 0 saturated carbocycles. The van der Waals surface area contributed by atoms with Crippen molar-refractivity contribution in [3.8, 4) is 20.2 Å². The molecule has 6 heteroatoms. The maximum absolute atomic E-state index is 4.34. The van der Waals surface area contributed by atoms with E-state index >= 15 is 0 Å². The van der Waals surface area contributed by atoms with Gasteiger partial charge in [-0.3, -0.25) is 0 Å². The first-order valence-electron chi connectivity index (χ1n) is 9.67. The third-order valence-electron chi connectivity index (χ3n) is 4.48. The maximum atomic E-state index is 4.34. The fourth-order valence-electron chi connectivity index (χ4n) is 3.02. The van der Waals surface area contributed by atoms with Crippen molar-refractivity contribution in [2.45, 2.75) is 51.9 Å². The fraction of sp³-hybridized carbons (Fsp3) is 0.364. The summed E-state index contributed by atoms with van der Waals surface area (Å²) in [5.41, 5.74) is 2.80. The Morgan fingerprint density at radius 1 is 0.821 bits per heavy atom. The van der Waals surface area contributed by atoms with E-state index in [1.807, 2.05) is 11.3 Å². The van der Waals surface area contributed by atoms with Crippen molar-refractivity contribution in [3.05, 3.63) is 57.9 Å². The molecule has 28 heavy (non-hydrogen) atoms. The molecule has 0 spiro atoms. The standard InChI is InChI=1S/C22H25BrS2.BHNS/c1-2-3-4-5-6-7-8-17-9-11-18(12-10-17)19-13-14-20(24-19)21-15-16-22(23)25-21;1-2-3/h9-16H,2-8H2,1H3;3H. The second kappa shape index (κ2) is 13.5. The molecule has 0 amide bonds. The van der Waals surface area contributed by atoms with Crippen LogP contribution >= 0.6 is 51.4 Å². The molecular formula is C22H26BBrNS3. The number of hydrogen-bond donors (Lipinski definition) is 1. The molecule has 0 unspecified atom stereocenters. The molecule has 2 aromatic heterocycles. The van der Waals surface area contributed by atoms with Gasteiger partial charge in [0.25, 0.3) is 0 Å². The molecule has 3 aromatic rings. The van der Waals surface area contributed by atoms with Crippen LogP contribution in [0.25, 0.3) is 20.2 Å². The third kappa shape index (κ3) is 7.98. The number of hydrogen-bond acceptors (Lipinski definition) is 4. The summed E-state index contributed by atoms with van der Waals surface area (Å²) in [7, 11) is 4.34. The Hall–Kier alpha value is -0.685. The summed E-state index contributed by atoms with van der Waals surface area (Å²) in [5.74, 6) is 0. The molecule has 0 bridgehead atoms. The minimum atomic E-state index is 1.19. The zero-order valence-electron chi connectivity index (χ0n) is 16.2. The van der Waals surface area contributed by atoms with Gasteiger partial charge >= 0.3 is 24.8 Å². The molecule has 1 aromatic carbocycles. The average Bonchev–Trinajstić information content (AvgIpc) is 3.35. The van der Waals surface area contributed by atoms with Crippen LogP contribution in [-0.4, -0.2) is 7.64 Å². The summed E-state index contributed by atoms with van der Waals surface area (Å²) in [6.07, 6.45) is 9.41. The molecule has 1 radical (unpaired) electrons. The van der Waals surface area contributed by atoms with Gasteiger partial charge in [-0.15, -0.1) is 22.7 Å². The van der Waals surface area contributed by atoms with Crippen molar-refractivity contribution in [1.82, 2.24) is 0 Å². The van der Waals surface area contributed by atoms with Gasteiger partial charge in [0.15, 0.2) is 0 Å². The van der Waals surface area contributed by atoms with Gasteiger partial charge in [0.05, 0.1) is 3.79 Å². The van der Waals surface area contributed by atoms with Gasteiger partial charge in [-0.05, 0) is 64.2 Å². The van der Waals surface area contributed by atoms with Gasteiger partial charge in [0, 0.05) is 14.6 Å². The van der Waals surface area contributed by atoms with E-state index in [9.17, 15) is 0 Å². The number of aryl methyl sites for hydroxylation is 1. The van der Waals surface area contributed by atoms with Crippen molar-refractivity contribution in [3.63, 3.8) is 0 Å². The van der Waals surface area contributed by atoms with Crippen molar-refractivity contribution in [2.75, 3.05) is 0 Å². The van der Waals surface area contributed by atoms with E-state index < -0.39 is 0 Å². The molecular weight excluding hydrogens is 465 g/mol. The predicted octanol–water partition coefficient (Wildman–Crippen LogP) is 8.99. The molecule has 0 saturated heterocycles. The van der Waals surface area contributed by atoms with Gasteiger partial charge in [0.2, 0.25) is 0 Å². The molecule has 0 aliphatic heterocycles. The van der Waals surface area contributed by atoms with E-state index in [2.05, 4.69) is 96.1 Å². The Labute approximate surface area is 192 Å². The molecule has 0 N–H and O–H groups in total. The second-order valence-electron chi connectivity index (χ2n) is 6.60. The number of thiophene rings is 2. The van der Waals surface area contributed by atoms with Crippen LogP contribution in [-0.2, 0) is 6.42 Å². The van der Waals surface area contributed by atoms with E-state index in [0.717, 1.165) is 0 Å². The summed E-state index contributed by atoms with van der Waals surface area (Å²) < 4.78 is 3.89. The molecule has 0 aliphatic carbocycles. The number of thiol groups is 1. The summed E-state index contributed by atoms with van der Waals surface area (Å²) in [6, 6.07) is 18.0. The van der Waals surface area contributed by atoms with Gasteiger partial charge < -0.3 is 0 Å². The zero-order chi connectivity index (χ0) is 20.2. The first-order valence-corrected chi connectivity index (χ1v) is 12.5. The SMILES string of the molecule is CCCCCCCCc1ccc(-c2ccc(-c3ccc(Br)s3)s2)cc1.[B]=NS. The Morgan fingerprint density at radius 3 is 2.04 bits per heavy atom. The molecule has 3 rings (SSSR count). The van der Waals surface area contributed by atoms with Crippen molar-refractivity contribution in [1.29, 1.82) is 0 Å². The first kappa shape index (κ1) is 23.6.